The van der Waals surface area contributed by atoms with Gasteiger partial charge >= 0.3 is 0 Å². The lowest BCUT2D eigenvalue weighted by atomic mass is 10.4. The number of hydrogen-bond donors (Lipinski definition) is 1. The molecule has 18 heavy (non-hydrogen) atoms. The largest absolute Gasteiger partial charge is 0.311 e. The summed E-state index contributed by atoms with van der Waals surface area (Å²) in [5, 5.41) is 6.37. The highest BCUT2D eigenvalue weighted by atomic mass is 79.9. The molecular formula is C13H13BrClNS2. The molecule has 0 aliphatic rings. The minimum atomic E-state index is 0.838. The van der Waals surface area contributed by atoms with Crippen molar-refractivity contribution in [2.75, 3.05) is 12.3 Å². The van der Waals surface area contributed by atoms with Gasteiger partial charge in [-0.3, -0.25) is 0 Å². The van der Waals surface area contributed by atoms with E-state index in [1.54, 1.807) is 23.1 Å². The molecule has 2 aromatic rings. The van der Waals surface area contributed by atoms with Gasteiger partial charge in [0, 0.05) is 38.5 Å². The van der Waals surface area contributed by atoms with Gasteiger partial charge < -0.3 is 5.32 Å². The Bertz CT molecular complexity index is 501. The van der Waals surface area contributed by atoms with Crippen molar-refractivity contribution < 1.29 is 0 Å². The molecule has 0 bridgehead atoms. The first-order valence-corrected chi connectivity index (χ1v) is 8.60. The number of hydrogen-bond acceptors (Lipinski definition) is 3. The summed E-state index contributed by atoms with van der Waals surface area (Å²) in [5.41, 5.74) is 0. The summed E-state index contributed by atoms with van der Waals surface area (Å²) in [5.74, 6) is 1.02. The van der Waals surface area contributed by atoms with Gasteiger partial charge in [0.15, 0.2) is 0 Å². The van der Waals surface area contributed by atoms with E-state index in [0.717, 1.165) is 33.2 Å². The molecule has 1 N–H and O–H groups in total. The van der Waals surface area contributed by atoms with Crippen molar-refractivity contribution in [3.8, 4) is 0 Å². The van der Waals surface area contributed by atoms with Crippen LogP contribution in [-0.4, -0.2) is 12.3 Å². The molecule has 1 aromatic carbocycles. The average molecular weight is 363 g/mol. The molecule has 0 aliphatic heterocycles. The van der Waals surface area contributed by atoms with Crippen LogP contribution in [0.1, 0.15) is 4.88 Å². The zero-order chi connectivity index (χ0) is 12.8. The maximum absolute atomic E-state index is 6.09. The topological polar surface area (TPSA) is 12.0 Å². The molecule has 0 unspecified atom stereocenters. The first-order valence-electron chi connectivity index (χ1n) is 5.56. The van der Waals surface area contributed by atoms with Gasteiger partial charge in [-0.1, -0.05) is 23.7 Å². The molecule has 0 aliphatic carbocycles. The average Bonchev–Trinajstić information content (AvgIpc) is 2.77. The molecule has 0 fully saturated rings. The molecule has 0 saturated carbocycles. The highest BCUT2D eigenvalue weighted by Crippen LogP contribution is 2.26. The first kappa shape index (κ1) is 14.4. The molecule has 96 valence electrons. The van der Waals surface area contributed by atoms with Crippen molar-refractivity contribution in [1.82, 2.24) is 5.32 Å². The summed E-state index contributed by atoms with van der Waals surface area (Å²) in [6, 6.07) is 10.1. The van der Waals surface area contributed by atoms with E-state index in [-0.39, 0.29) is 0 Å². The van der Waals surface area contributed by atoms with Gasteiger partial charge in [-0.25, -0.2) is 0 Å². The highest BCUT2D eigenvalue weighted by Gasteiger charge is 2.00. The molecule has 1 aromatic heterocycles. The van der Waals surface area contributed by atoms with Crippen LogP contribution >= 0.6 is 50.6 Å². The second kappa shape index (κ2) is 7.56. The Morgan fingerprint density at radius 1 is 1.33 bits per heavy atom. The summed E-state index contributed by atoms with van der Waals surface area (Å²) >= 11 is 13.1. The third-order valence-electron chi connectivity index (χ3n) is 2.29. The lowest BCUT2D eigenvalue weighted by Crippen LogP contribution is -2.15. The van der Waals surface area contributed by atoms with E-state index >= 15 is 0 Å². The number of thioether (sulfide) groups is 1. The number of nitrogens with one attached hydrogen (secondary N) is 1. The highest BCUT2D eigenvalue weighted by molar-refractivity contribution is 9.10. The van der Waals surface area contributed by atoms with Gasteiger partial charge in [0.2, 0.25) is 0 Å². The number of halogens is 2. The van der Waals surface area contributed by atoms with E-state index in [1.165, 1.54) is 4.88 Å². The standard InChI is InChI=1S/C13H13BrClNS2/c14-10-7-11(18-9-10)8-16-5-6-17-13-4-2-1-3-12(13)15/h1-4,7,9,16H,5-6,8H2. The first-order chi connectivity index (χ1) is 8.75. The summed E-state index contributed by atoms with van der Waals surface area (Å²) in [6.07, 6.45) is 0. The number of rotatable bonds is 6. The number of benzene rings is 1. The Morgan fingerprint density at radius 3 is 2.89 bits per heavy atom. The minimum Gasteiger partial charge on any atom is -0.311 e. The lowest BCUT2D eigenvalue weighted by Gasteiger charge is -2.04. The molecule has 1 nitrogen and oxygen atoms in total. The van der Waals surface area contributed by atoms with Crippen LogP contribution in [0, 0.1) is 0 Å². The second-order valence-corrected chi connectivity index (χ2v) is 7.14. The van der Waals surface area contributed by atoms with Crippen LogP contribution in [0.25, 0.3) is 0 Å². The molecule has 1 heterocycles. The van der Waals surface area contributed by atoms with Crippen LogP contribution in [0.2, 0.25) is 5.02 Å². The second-order valence-electron chi connectivity index (χ2n) is 3.69. The summed E-state index contributed by atoms with van der Waals surface area (Å²) in [6.45, 7) is 1.91. The van der Waals surface area contributed by atoms with Gasteiger partial charge in [0.05, 0.1) is 5.02 Å². The molecule has 0 atom stereocenters. The van der Waals surface area contributed by atoms with E-state index in [9.17, 15) is 0 Å². The van der Waals surface area contributed by atoms with Gasteiger partial charge in [0.25, 0.3) is 0 Å². The van der Waals surface area contributed by atoms with E-state index in [1.807, 2.05) is 18.2 Å². The quantitative estimate of drug-likeness (QED) is 0.570. The maximum Gasteiger partial charge on any atom is 0.0541 e. The molecule has 0 spiro atoms. The lowest BCUT2D eigenvalue weighted by molar-refractivity contribution is 0.741. The van der Waals surface area contributed by atoms with Crippen LogP contribution in [0.5, 0.6) is 0 Å². The Labute approximate surface area is 129 Å². The van der Waals surface area contributed by atoms with Gasteiger partial charge in [-0.15, -0.1) is 23.1 Å². The zero-order valence-electron chi connectivity index (χ0n) is 9.66. The molecule has 0 radical (unpaired) electrons. The molecular weight excluding hydrogens is 350 g/mol. The fourth-order valence-electron chi connectivity index (χ4n) is 1.45. The van der Waals surface area contributed by atoms with Crippen molar-refractivity contribution in [1.29, 1.82) is 0 Å². The van der Waals surface area contributed by atoms with Crippen LogP contribution < -0.4 is 5.32 Å². The Hall–Kier alpha value is -0.0000000000000000833. The van der Waals surface area contributed by atoms with E-state index in [4.69, 9.17) is 11.6 Å². The summed E-state index contributed by atoms with van der Waals surface area (Å²) < 4.78 is 1.16. The van der Waals surface area contributed by atoms with Gasteiger partial charge in [0.1, 0.15) is 0 Å². The van der Waals surface area contributed by atoms with E-state index in [0.29, 0.717) is 0 Å². The number of thiophene rings is 1. The van der Waals surface area contributed by atoms with Crippen LogP contribution in [0.4, 0.5) is 0 Å². The van der Waals surface area contributed by atoms with Crippen molar-refractivity contribution in [2.24, 2.45) is 0 Å². The van der Waals surface area contributed by atoms with Crippen LogP contribution in [-0.2, 0) is 6.54 Å². The molecule has 0 saturated heterocycles. The van der Waals surface area contributed by atoms with Crippen molar-refractivity contribution >= 4 is 50.6 Å². The fourth-order valence-corrected chi connectivity index (χ4v) is 4.02. The Kier molecular flexibility index (Phi) is 6.05. The van der Waals surface area contributed by atoms with E-state index in [2.05, 4.69) is 38.8 Å². The zero-order valence-corrected chi connectivity index (χ0v) is 13.6. The van der Waals surface area contributed by atoms with Crippen molar-refractivity contribution in [3.63, 3.8) is 0 Å². The molecule has 0 amide bonds. The summed E-state index contributed by atoms with van der Waals surface area (Å²) in [4.78, 5) is 2.50. The third-order valence-corrected chi connectivity index (χ3v) is 5.51. The van der Waals surface area contributed by atoms with Gasteiger partial charge in [-0.2, -0.15) is 0 Å². The van der Waals surface area contributed by atoms with E-state index < -0.39 is 0 Å². The van der Waals surface area contributed by atoms with Gasteiger partial charge in [-0.05, 0) is 34.1 Å². The van der Waals surface area contributed by atoms with Crippen LogP contribution in [0.3, 0.4) is 0 Å². The Morgan fingerprint density at radius 2 is 2.17 bits per heavy atom. The third kappa shape index (κ3) is 4.59. The monoisotopic (exact) mass is 361 g/mol. The SMILES string of the molecule is Clc1ccccc1SCCNCc1cc(Br)cs1. The smallest absolute Gasteiger partial charge is 0.0541 e. The normalized spacial score (nSPS) is 10.8. The van der Waals surface area contributed by atoms with Crippen LogP contribution in [0.15, 0.2) is 45.1 Å². The van der Waals surface area contributed by atoms with Crippen molar-refractivity contribution in [3.05, 3.63) is 50.1 Å². The fraction of sp³-hybridized carbons (Fsp3) is 0.231. The minimum absolute atomic E-state index is 0.838. The molecule has 2 rings (SSSR count). The predicted molar refractivity (Wildman–Crippen MR) is 85.9 cm³/mol. The maximum atomic E-state index is 6.09. The predicted octanol–water partition coefficient (Wildman–Crippen LogP) is 5.05. The molecule has 5 heteroatoms. The summed E-state index contributed by atoms with van der Waals surface area (Å²) in [7, 11) is 0. The van der Waals surface area contributed by atoms with Crippen molar-refractivity contribution in [2.45, 2.75) is 11.4 Å². The Balaban J connectivity index is 1.66.